The molecule has 0 radical (unpaired) electrons. The molecule has 0 aliphatic rings. The van der Waals surface area contributed by atoms with Gasteiger partial charge in [0, 0.05) is 12.6 Å². The molecule has 5 nitrogen and oxygen atoms in total. The molecule has 2 aromatic heterocycles. The van der Waals surface area contributed by atoms with E-state index in [1.165, 1.54) is 6.42 Å². The Morgan fingerprint density at radius 3 is 2.85 bits per heavy atom. The van der Waals surface area contributed by atoms with Gasteiger partial charge >= 0.3 is 0 Å². The molecule has 0 amide bonds. The number of anilines is 2. The summed E-state index contributed by atoms with van der Waals surface area (Å²) in [5.41, 5.74) is 2.57. The smallest absolute Gasteiger partial charge is 0.240 e. The lowest BCUT2D eigenvalue weighted by Crippen LogP contribution is -2.34. The average molecular weight is 293 g/mol. The number of nitrogens with one attached hydrogen (secondary N) is 1. The number of fused-ring (bicyclic) bond motifs is 1. The first-order chi connectivity index (χ1) is 9.71. The normalized spacial score (nSPS) is 12.6. The van der Waals surface area contributed by atoms with Gasteiger partial charge in [0.25, 0.3) is 0 Å². The number of thiophene rings is 1. The maximum atomic E-state index is 5.50. The van der Waals surface area contributed by atoms with Gasteiger partial charge in [-0.15, -0.1) is 11.3 Å². The van der Waals surface area contributed by atoms with Crippen LogP contribution < -0.4 is 16.2 Å². The average Bonchev–Trinajstić information content (AvgIpc) is 2.95. The Hall–Kier alpha value is -1.40. The van der Waals surface area contributed by atoms with E-state index in [0.29, 0.717) is 12.0 Å². The van der Waals surface area contributed by atoms with Gasteiger partial charge in [-0.3, -0.25) is 5.43 Å². The molecule has 0 spiro atoms. The number of nitrogens with zero attached hydrogens (tertiary/aromatic N) is 3. The summed E-state index contributed by atoms with van der Waals surface area (Å²) in [7, 11) is 0. The van der Waals surface area contributed by atoms with Crippen LogP contribution in [0.4, 0.5) is 11.8 Å². The molecule has 3 N–H and O–H groups in total. The van der Waals surface area contributed by atoms with Crippen molar-refractivity contribution in [2.75, 3.05) is 16.9 Å². The monoisotopic (exact) mass is 293 g/mol. The number of hydrazine groups is 1. The molecular weight excluding hydrogens is 270 g/mol. The Balaban J connectivity index is 2.47. The van der Waals surface area contributed by atoms with E-state index in [4.69, 9.17) is 5.84 Å². The zero-order valence-corrected chi connectivity index (χ0v) is 13.2. The molecule has 0 aromatic carbocycles. The van der Waals surface area contributed by atoms with Crippen molar-refractivity contribution in [2.24, 2.45) is 5.84 Å². The summed E-state index contributed by atoms with van der Waals surface area (Å²) >= 11 is 1.62. The van der Waals surface area contributed by atoms with Crippen LogP contribution >= 0.6 is 11.3 Å². The maximum absolute atomic E-state index is 5.50. The molecule has 6 heteroatoms. The molecular formula is C14H23N5S. The van der Waals surface area contributed by atoms with Gasteiger partial charge in [0.2, 0.25) is 5.95 Å². The molecule has 1 unspecified atom stereocenters. The lowest BCUT2D eigenvalue weighted by molar-refractivity contribution is 0.591. The van der Waals surface area contributed by atoms with Gasteiger partial charge in [0.05, 0.1) is 5.39 Å². The Bertz CT molecular complexity index is 553. The molecule has 0 saturated heterocycles. The second-order valence-electron chi connectivity index (χ2n) is 4.96. The number of nitrogens with two attached hydrogens (primary N) is 1. The van der Waals surface area contributed by atoms with Crippen LogP contribution in [0.2, 0.25) is 0 Å². The highest BCUT2D eigenvalue weighted by atomic mass is 32.1. The number of hydrogen-bond acceptors (Lipinski definition) is 6. The molecule has 0 aliphatic carbocycles. The van der Waals surface area contributed by atoms with Crippen molar-refractivity contribution in [1.82, 2.24) is 9.97 Å². The Morgan fingerprint density at radius 2 is 2.20 bits per heavy atom. The summed E-state index contributed by atoms with van der Waals surface area (Å²) in [5, 5.41) is 3.17. The van der Waals surface area contributed by atoms with E-state index in [2.05, 4.69) is 52.5 Å². The topological polar surface area (TPSA) is 67.1 Å². The molecule has 2 rings (SSSR count). The third-order valence-corrected chi connectivity index (χ3v) is 4.39. The van der Waals surface area contributed by atoms with Crippen LogP contribution in [0, 0.1) is 0 Å². The van der Waals surface area contributed by atoms with E-state index < -0.39 is 0 Å². The van der Waals surface area contributed by atoms with Crippen LogP contribution in [0.3, 0.4) is 0 Å². The molecule has 0 bridgehead atoms. The number of rotatable bonds is 7. The number of hydrogen-bond donors (Lipinski definition) is 2. The SMILES string of the molecule is CCCCN(c1nc(NN)nc2sccc12)C(C)CC. The van der Waals surface area contributed by atoms with Crippen molar-refractivity contribution in [3.63, 3.8) is 0 Å². The van der Waals surface area contributed by atoms with Crippen molar-refractivity contribution in [3.05, 3.63) is 11.4 Å². The summed E-state index contributed by atoms with van der Waals surface area (Å²) < 4.78 is 0. The third-order valence-electron chi connectivity index (χ3n) is 3.58. The molecule has 2 heterocycles. The van der Waals surface area contributed by atoms with Crippen LogP contribution in [0.25, 0.3) is 10.2 Å². The summed E-state index contributed by atoms with van der Waals surface area (Å²) in [6.07, 6.45) is 3.42. The predicted octanol–water partition coefficient (Wildman–Crippen LogP) is 3.38. The van der Waals surface area contributed by atoms with E-state index in [-0.39, 0.29) is 0 Å². The van der Waals surface area contributed by atoms with E-state index >= 15 is 0 Å². The van der Waals surface area contributed by atoms with Gasteiger partial charge in [0.15, 0.2) is 0 Å². The van der Waals surface area contributed by atoms with Crippen LogP contribution in [-0.2, 0) is 0 Å². The largest absolute Gasteiger partial charge is 0.353 e. The fourth-order valence-electron chi connectivity index (χ4n) is 2.21. The second kappa shape index (κ2) is 6.85. The first kappa shape index (κ1) is 15.0. The van der Waals surface area contributed by atoms with Gasteiger partial charge in [-0.05, 0) is 31.2 Å². The van der Waals surface area contributed by atoms with Crippen molar-refractivity contribution in [2.45, 2.75) is 46.1 Å². The summed E-state index contributed by atoms with van der Waals surface area (Å²) in [5.74, 6) is 6.98. The van der Waals surface area contributed by atoms with Crippen molar-refractivity contribution in [3.8, 4) is 0 Å². The summed E-state index contributed by atoms with van der Waals surface area (Å²) in [6.45, 7) is 7.67. The Labute approximate surface area is 124 Å². The minimum absolute atomic E-state index is 0.449. The van der Waals surface area contributed by atoms with E-state index in [0.717, 1.165) is 35.4 Å². The first-order valence-corrected chi connectivity index (χ1v) is 8.07. The van der Waals surface area contributed by atoms with E-state index in [1.807, 2.05) is 0 Å². The Morgan fingerprint density at radius 1 is 1.40 bits per heavy atom. The highest BCUT2D eigenvalue weighted by Crippen LogP contribution is 2.30. The number of nitrogen functional groups attached to an aromatic ring is 1. The quantitative estimate of drug-likeness (QED) is 0.605. The lowest BCUT2D eigenvalue weighted by atomic mass is 10.2. The Kier molecular flexibility index (Phi) is 5.14. The molecule has 0 aliphatic heterocycles. The number of unbranched alkanes of at least 4 members (excludes halogenated alkanes) is 1. The molecule has 110 valence electrons. The highest BCUT2D eigenvalue weighted by molar-refractivity contribution is 7.16. The zero-order chi connectivity index (χ0) is 14.5. The molecule has 20 heavy (non-hydrogen) atoms. The minimum atomic E-state index is 0.449. The zero-order valence-electron chi connectivity index (χ0n) is 12.4. The van der Waals surface area contributed by atoms with Crippen LogP contribution in [0.5, 0.6) is 0 Å². The second-order valence-corrected chi connectivity index (χ2v) is 5.85. The molecule has 0 fully saturated rings. The molecule has 2 aromatic rings. The fourth-order valence-corrected chi connectivity index (χ4v) is 2.97. The van der Waals surface area contributed by atoms with Gasteiger partial charge in [-0.25, -0.2) is 10.8 Å². The van der Waals surface area contributed by atoms with Gasteiger partial charge in [-0.1, -0.05) is 20.3 Å². The summed E-state index contributed by atoms with van der Waals surface area (Å²) in [4.78, 5) is 12.4. The van der Waals surface area contributed by atoms with Crippen LogP contribution in [0.15, 0.2) is 11.4 Å². The first-order valence-electron chi connectivity index (χ1n) is 7.19. The van der Waals surface area contributed by atoms with Crippen molar-refractivity contribution >= 4 is 33.3 Å². The van der Waals surface area contributed by atoms with Crippen molar-refractivity contribution < 1.29 is 0 Å². The molecule has 1 atom stereocenters. The minimum Gasteiger partial charge on any atom is -0.353 e. The predicted molar refractivity (Wildman–Crippen MR) is 87.2 cm³/mol. The van der Waals surface area contributed by atoms with Crippen molar-refractivity contribution in [1.29, 1.82) is 0 Å². The highest BCUT2D eigenvalue weighted by Gasteiger charge is 2.18. The lowest BCUT2D eigenvalue weighted by Gasteiger charge is -2.30. The van der Waals surface area contributed by atoms with Crippen LogP contribution in [0.1, 0.15) is 40.0 Å². The number of aromatic nitrogens is 2. The van der Waals surface area contributed by atoms with Gasteiger partial charge < -0.3 is 4.90 Å². The maximum Gasteiger partial charge on any atom is 0.240 e. The molecule has 0 saturated carbocycles. The van der Waals surface area contributed by atoms with Crippen LogP contribution in [-0.4, -0.2) is 22.6 Å². The van der Waals surface area contributed by atoms with E-state index in [1.54, 1.807) is 11.3 Å². The summed E-state index contributed by atoms with van der Waals surface area (Å²) in [6, 6.07) is 2.54. The third kappa shape index (κ3) is 3.02. The van der Waals surface area contributed by atoms with Gasteiger partial charge in [-0.2, -0.15) is 4.98 Å². The van der Waals surface area contributed by atoms with Gasteiger partial charge in [0.1, 0.15) is 10.6 Å². The standard InChI is InChI=1S/C14H23N5S/c1-4-6-8-19(10(3)5-2)12-11-7-9-20-13(11)17-14(16-12)18-15/h7,9-10H,4-6,8,15H2,1-3H3,(H,16,17,18). The fraction of sp³-hybridized carbons (Fsp3) is 0.571. The van der Waals surface area contributed by atoms with E-state index in [9.17, 15) is 0 Å².